The molecule has 1 aromatic rings. The van der Waals surface area contributed by atoms with Crippen LogP contribution in [0.2, 0.25) is 0 Å². The van der Waals surface area contributed by atoms with Gasteiger partial charge in [0.1, 0.15) is 5.69 Å². The van der Waals surface area contributed by atoms with E-state index in [4.69, 9.17) is 0 Å². The molecule has 0 unspecified atom stereocenters. The molecule has 6 nitrogen and oxygen atoms in total. The lowest BCUT2D eigenvalue weighted by Crippen LogP contribution is -2.23. The van der Waals surface area contributed by atoms with Gasteiger partial charge in [-0.05, 0) is 25.7 Å². The van der Waals surface area contributed by atoms with Gasteiger partial charge in [-0.25, -0.2) is 4.68 Å². The van der Waals surface area contributed by atoms with Crippen molar-refractivity contribution in [2.24, 2.45) is 5.41 Å². The molecule has 6 heteroatoms. The van der Waals surface area contributed by atoms with Gasteiger partial charge in [0.05, 0.1) is 4.92 Å². The van der Waals surface area contributed by atoms with Crippen molar-refractivity contribution in [2.75, 3.05) is 11.9 Å². The summed E-state index contributed by atoms with van der Waals surface area (Å²) in [5.74, 6) is 0.515. The Morgan fingerprint density at radius 2 is 2.06 bits per heavy atom. The van der Waals surface area contributed by atoms with Gasteiger partial charge in [0.2, 0.25) is 5.82 Å². The second-order valence-electron chi connectivity index (χ2n) is 5.23. The fraction of sp³-hybridized carbons (Fsp3) is 0.750. The van der Waals surface area contributed by atoms with Crippen LogP contribution in [0.1, 0.15) is 39.8 Å². The highest BCUT2D eigenvalue weighted by atomic mass is 16.6. The summed E-state index contributed by atoms with van der Waals surface area (Å²) in [6.07, 6.45) is 1.01. The van der Waals surface area contributed by atoms with Crippen LogP contribution >= 0.6 is 0 Å². The fourth-order valence-electron chi connectivity index (χ4n) is 1.64. The minimum absolute atomic E-state index is 0.0868. The number of nitro groups is 1. The minimum atomic E-state index is -0.365. The van der Waals surface area contributed by atoms with Crippen LogP contribution in [0.25, 0.3) is 0 Å². The van der Waals surface area contributed by atoms with E-state index in [0.29, 0.717) is 24.6 Å². The van der Waals surface area contributed by atoms with Gasteiger partial charge in [-0.1, -0.05) is 20.8 Å². The topological polar surface area (TPSA) is 73.0 Å². The molecule has 0 fully saturated rings. The lowest BCUT2D eigenvalue weighted by Gasteiger charge is -2.23. The van der Waals surface area contributed by atoms with Gasteiger partial charge in [-0.3, -0.25) is 10.1 Å². The van der Waals surface area contributed by atoms with Crippen LogP contribution in [-0.2, 0) is 6.54 Å². The quantitative estimate of drug-likeness (QED) is 0.625. The summed E-state index contributed by atoms with van der Waals surface area (Å²) in [5, 5.41) is 18.5. The number of nitrogens with zero attached hydrogens (tertiary/aromatic N) is 3. The number of aryl methyl sites for hydroxylation is 2. The van der Waals surface area contributed by atoms with Crippen molar-refractivity contribution in [3.8, 4) is 0 Å². The van der Waals surface area contributed by atoms with Crippen LogP contribution in [0.15, 0.2) is 0 Å². The SMILES string of the molecule is CCn1nc(C)c([N+](=O)[O-])c1NCC(C)(C)CC. The maximum absolute atomic E-state index is 11.1. The van der Waals surface area contributed by atoms with Gasteiger partial charge in [0.15, 0.2) is 0 Å². The van der Waals surface area contributed by atoms with Crippen LogP contribution in [0.4, 0.5) is 11.5 Å². The zero-order valence-corrected chi connectivity index (χ0v) is 11.8. The smallest absolute Gasteiger partial charge is 0.333 e. The van der Waals surface area contributed by atoms with E-state index >= 15 is 0 Å². The summed E-state index contributed by atoms with van der Waals surface area (Å²) in [5.41, 5.74) is 0.646. The monoisotopic (exact) mass is 254 g/mol. The molecule has 1 N–H and O–H groups in total. The average molecular weight is 254 g/mol. The van der Waals surface area contributed by atoms with E-state index < -0.39 is 0 Å². The van der Waals surface area contributed by atoms with Crippen molar-refractivity contribution in [3.05, 3.63) is 15.8 Å². The number of hydrogen-bond acceptors (Lipinski definition) is 4. The molecule has 1 rings (SSSR count). The third-order valence-corrected chi connectivity index (χ3v) is 3.27. The molecule has 1 aromatic heterocycles. The van der Waals surface area contributed by atoms with E-state index in [1.165, 1.54) is 0 Å². The Balaban J connectivity index is 3.03. The third-order valence-electron chi connectivity index (χ3n) is 3.27. The number of aromatic nitrogens is 2. The second-order valence-corrected chi connectivity index (χ2v) is 5.23. The van der Waals surface area contributed by atoms with Crippen molar-refractivity contribution >= 4 is 11.5 Å². The van der Waals surface area contributed by atoms with E-state index in [1.54, 1.807) is 11.6 Å². The minimum Gasteiger partial charge on any atom is -0.364 e. The Morgan fingerprint density at radius 3 is 2.50 bits per heavy atom. The maximum Gasteiger partial charge on any atom is 0.333 e. The summed E-state index contributed by atoms with van der Waals surface area (Å²) < 4.78 is 1.65. The molecule has 0 saturated carbocycles. The second kappa shape index (κ2) is 5.37. The summed E-state index contributed by atoms with van der Waals surface area (Å²) in [6.45, 7) is 11.3. The predicted molar refractivity (Wildman–Crippen MR) is 71.9 cm³/mol. The molecule has 0 amide bonds. The Morgan fingerprint density at radius 1 is 1.44 bits per heavy atom. The number of rotatable bonds is 6. The Hall–Kier alpha value is -1.59. The van der Waals surface area contributed by atoms with Crippen LogP contribution < -0.4 is 5.32 Å². The van der Waals surface area contributed by atoms with Crippen LogP contribution in [0.3, 0.4) is 0 Å². The molecule has 0 atom stereocenters. The van der Waals surface area contributed by atoms with Crippen LogP contribution in [0, 0.1) is 22.5 Å². The summed E-state index contributed by atoms with van der Waals surface area (Å²) >= 11 is 0. The Kier molecular flexibility index (Phi) is 4.32. The molecule has 0 aliphatic carbocycles. The summed E-state index contributed by atoms with van der Waals surface area (Å²) in [7, 11) is 0. The van der Waals surface area contributed by atoms with E-state index in [1.807, 2.05) is 6.92 Å². The highest BCUT2D eigenvalue weighted by Gasteiger charge is 2.26. The zero-order valence-electron chi connectivity index (χ0n) is 11.8. The molecule has 0 aliphatic rings. The molecular formula is C12H22N4O2. The molecule has 18 heavy (non-hydrogen) atoms. The van der Waals surface area contributed by atoms with Crippen molar-refractivity contribution < 1.29 is 4.92 Å². The van der Waals surface area contributed by atoms with Gasteiger partial charge in [-0.15, -0.1) is 0 Å². The van der Waals surface area contributed by atoms with Crippen LogP contribution in [0.5, 0.6) is 0 Å². The van der Waals surface area contributed by atoms with Gasteiger partial charge in [-0.2, -0.15) is 5.10 Å². The lowest BCUT2D eigenvalue weighted by atomic mass is 9.90. The molecule has 1 heterocycles. The first-order valence-electron chi connectivity index (χ1n) is 6.28. The third kappa shape index (κ3) is 3.00. The van der Waals surface area contributed by atoms with E-state index in [9.17, 15) is 10.1 Å². The molecule has 0 aliphatic heterocycles. The highest BCUT2D eigenvalue weighted by molar-refractivity contribution is 5.59. The van der Waals surface area contributed by atoms with Gasteiger partial charge < -0.3 is 5.32 Å². The average Bonchev–Trinajstić information content (AvgIpc) is 2.63. The molecule has 0 aromatic carbocycles. The molecule has 0 radical (unpaired) electrons. The van der Waals surface area contributed by atoms with Gasteiger partial charge in [0.25, 0.3) is 0 Å². The highest BCUT2D eigenvalue weighted by Crippen LogP contribution is 2.30. The first-order chi connectivity index (χ1) is 8.32. The first-order valence-corrected chi connectivity index (χ1v) is 6.28. The van der Waals surface area contributed by atoms with Crippen molar-refractivity contribution in [1.82, 2.24) is 9.78 Å². The zero-order chi connectivity index (χ0) is 13.9. The molecule has 102 valence electrons. The fourth-order valence-corrected chi connectivity index (χ4v) is 1.64. The lowest BCUT2D eigenvalue weighted by molar-refractivity contribution is -0.384. The summed E-state index contributed by atoms with van der Waals surface area (Å²) in [4.78, 5) is 10.7. The molecule has 0 saturated heterocycles. The van der Waals surface area contributed by atoms with Gasteiger partial charge >= 0.3 is 5.69 Å². The van der Waals surface area contributed by atoms with E-state index in [-0.39, 0.29) is 16.0 Å². The van der Waals surface area contributed by atoms with Crippen molar-refractivity contribution in [2.45, 2.75) is 47.6 Å². The van der Waals surface area contributed by atoms with Gasteiger partial charge in [0, 0.05) is 13.1 Å². The van der Waals surface area contributed by atoms with Crippen LogP contribution in [-0.4, -0.2) is 21.2 Å². The Bertz CT molecular complexity index is 438. The predicted octanol–water partition coefficient (Wildman–Crippen LogP) is 2.97. The number of hydrogen-bond donors (Lipinski definition) is 1. The standard InChI is InChI=1S/C12H22N4O2/c1-6-12(4,5)8-13-11-10(16(17)18)9(3)14-15(11)7-2/h13H,6-8H2,1-5H3. The van der Waals surface area contributed by atoms with E-state index in [0.717, 1.165) is 6.42 Å². The molecule has 0 spiro atoms. The molecular weight excluding hydrogens is 232 g/mol. The van der Waals surface area contributed by atoms with E-state index in [2.05, 4.69) is 31.2 Å². The summed E-state index contributed by atoms with van der Waals surface area (Å²) in [6, 6.07) is 0. The van der Waals surface area contributed by atoms with Crippen molar-refractivity contribution in [1.29, 1.82) is 0 Å². The Labute approximate surface area is 108 Å². The largest absolute Gasteiger partial charge is 0.364 e. The van der Waals surface area contributed by atoms with Crippen molar-refractivity contribution in [3.63, 3.8) is 0 Å². The normalized spacial score (nSPS) is 11.6. The maximum atomic E-state index is 11.1. The number of nitrogens with one attached hydrogen (secondary N) is 1. The number of anilines is 1. The molecule has 0 bridgehead atoms. The first kappa shape index (κ1) is 14.5.